The van der Waals surface area contributed by atoms with Crippen molar-refractivity contribution >= 4 is 0 Å². The molecule has 100 valence electrons. The lowest BCUT2D eigenvalue weighted by Crippen LogP contribution is -2.29. The molecule has 1 aromatic carbocycles. The maximum atomic E-state index is 14.2. The highest BCUT2D eigenvalue weighted by Gasteiger charge is 2.27. The molecular formula is C13H17F2NO2. The minimum absolute atomic E-state index is 0.0221. The Balaban J connectivity index is 2.48. The number of nitrogens with one attached hydrogen (secondary N) is 1. The molecule has 1 N–H and O–H groups in total. The quantitative estimate of drug-likeness (QED) is 0.902. The Hall–Kier alpha value is -1.36. The standard InChI is InChI=1S/C13H17F2NO2/c1-17-9-6-10(18-2)13(15)11(12(9)14)8-4-3-5-16-7-8/h6,8,16H,3-5,7H2,1-2H3. The highest BCUT2D eigenvalue weighted by atomic mass is 19.1. The van der Waals surface area contributed by atoms with E-state index >= 15 is 0 Å². The van der Waals surface area contributed by atoms with Crippen molar-refractivity contribution in [1.29, 1.82) is 0 Å². The molecule has 1 fully saturated rings. The van der Waals surface area contributed by atoms with E-state index in [9.17, 15) is 8.78 Å². The number of methoxy groups -OCH3 is 2. The van der Waals surface area contributed by atoms with Gasteiger partial charge < -0.3 is 14.8 Å². The van der Waals surface area contributed by atoms with Gasteiger partial charge in [-0.15, -0.1) is 0 Å². The van der Waals surface area contributed by atoms with Crippen LogP contribution >= 0.6 is 0 Å². The molecule has 1 unspecified atom stereocenters. The van der Waals surface area contributed by atoms with E-state index in [1.807, 2.05) is 0 Å². The molecule has 1 aliphatic heterocycles. The summed E-state index contributed by atoms with van der Waals surface area (Å²) in [5.41, 5.74) is 0.0680. The summed E-state index contributed by atoms with van der Waals surface area (Å²) in [5.74, 6) is -1.38. The van der Waals surface area contributed by atoms with Crippen molar-refractivity contribution in [1.82, 2.24) is 5.32 Å². The van der Waals surface area contributed by atoms with Crippen LogP contribution in [0.25, 0.3) is 0 Å². The lowest BCUT2D eigenvalue weighted by atomic mass is 9.90. The van der Waals surface area contributed by atoms with Gasteiger partial charge in [-0.2, -0.15) is 0 Å². The van der Waals surface area contributed by atoms with Crippen LogP contribution in [0, 0.1) is 11.6 Å². The van der Waals surface area contributed by atoms with Crippen molar-refractivity contribution in [2.24, 2.45) is 0 Å². The molecule has 2 rings (SSSR count). The zero-order valence-corrected chi connectivity index (χ0v) is 10.6. The molecule has 5 heteroatoms. The van der Waals surface area contributed by atoms with Gasteiger partial charge in [0.25, 0.3) is 0 Å². The Kier molecular flexibility index (Phi) is 4.01. The molecule has 0 spiro atoms. The Labute approximate surface area is 105 Å². The largest absolute Gasteiger partial charge is 0.494 e. The number of ether oxygens (including phenoxy) is 2. The van der Waals surface area contributed by atoms with E-state index in [0.717, 1.165) is 19.4 Å². The van der Waals surface area contributed by atoms with Crippen molar-refractivity contribution in [3.63, 3.8) is 0 Å². The maximum Gasteiger partial charge on any atom is 0.171 e. The predicted octanol–water partition coefficient (Wildman–Crippen LogP) is 2.45. The summed E-state index contributed by atoms with van der Waals surface area (Å²) in [4.78, 5) is 0. The molecule has 1 saturated heterocycles. The van der Waals surface area contributed by atoms with E-state index < -0.39 is 11.6 Å². The first-order valence-electron chi connectivity index (χ1n) is 5.99. The summed E-state index contributed by atoms with van der Waals surface area (Å²) >= 11 is 0. The maximum absolute atomic E-state index is 14.2. The first-order chi connectivity index (χ1) is 8.69. The van der Waals surface area contributed by atoms with Crippen LogP contribution in [0.1, 0.15) is 24.3 Å². The van der Waals surface area contributed by atoms with Gasteiger partial charge in [0.05, 0.1) is 14.2 Å². The monoisotopic (exact) mass is 257 g/mol. The van der Waals surface area contributed by atoms with E-state index in [1.54, 1.807) is 0 Å². The lowest BCUT2D eigenvalue weighted by molar-refractivity contribution is 0.343. The minimum Gasteiger partial charge on any atom is -0.494 e. The highest BCUT2D eigenvalue weighted by molar-refractivity contribution is 5.43. The molecular weight excluding hydrogens is 240 g/mol. The molecule has 0 radical (unpaired) electrons. The van der Waals surface area contributed by atoms with Crippen LogP contribution in [0.3, 0.4) is 0 Å². The molecule has 0 aliphatic carbocycles. The summed E-state index contributed by atoms with van der Waals surface area (Å²) in [5, 5.41) is 3.15. The number of benzene rings is 1. The summed E-state index contributed by atoms with van der Waals surface area (Å²) < 4.78 is 38.2. The topological polar surface area (TPSA) is 30.5 Å². The van der Waals surface area contributed by atoms with Crippen LogP contribution in [-0.4, -0.2) is 27.3 Å². The van der Waals surface area contributed by atoms with Crippen molar-refractivity contribution in [3.8, 4) is 11.5 Å². The third-order valence-corrected chi connectivity index (χ3v) is 3.31. The molecule has 0 bridgehead atoms. The van der Waals surface area contributed by atoms with Gasteiger partial charge in [-0.05, 0) is 19.4 Å². The van der Waals surface area contributed by atoms with Crippen LogP contribution in [0.4, 0.5) is 8.78 Å². The van der Waals surface area contributed by atoms with Crippen LogP contribution in [0.15, 0.2) is 6.07 Å². The molecule has 1 aliphatic rings. The second kappa shape index (κ2) is 5.52. The fourth-order valence-electron chi connectivity index (χ4n) is 2.36. The summed E-state index contributed by atoms with van der Waals surface area (Å²) in [7, 11) is 2.72. The Morgan fingerprint density at radius 3 is 2.22 bits per heavy atom. The van der Waals surface area contributed by atoms with Crippen LogP contribution in [0.2, 0.25) is 0 Å². The number of piperidine rings is 1. The summed E-state index contributed by atoms with van der Waals surface area (Å²) in [6, 6.07) is 1.24. The highest BCUT2D eigenvalue weighted by Crippen LogP contribution is 2.37. The average molecular weight is 257 g/mol. The van der Waals surface area contributed by atoms with E-state index in [0.29, 0.717) is 6.54 Å². The molecule has 1 atom stereocenters. The van der Waals surface area contributed by atoms with Gasteiger partial charge >= 0.3 is 0 Å². The summed E-state index contributed by atoms with van der Waals surface area (Å²) in [6.07, 6.45) is 1.67. The van der Waals surface area contributed by atoms with Gasteiger partial charge in [-0.3, -0.25) is 0 Å². The Morgan fingerprint density at radius 1 is 1.17 bits per heavy atom. The number of hydrogen-bond donors (Lipinski definition) is 1. The average Bonchev–Trinajstić information content (AvgIpc) is 2.40. The Bertz CT molecular complexity index is 403. The first-order valence-corrected chi connectivity index (χ1v) is 5.99. The molecule has 18 heavy (non-hydrogen) atoms. The number of hydrogen-bond acceptors (Lipinski definition) is 3. The van der Waals surface area contributed by atoms with Gasteiger partial charge in [0.15, 0.2) is 23.1 Å². The van der Waals surface area contributed by atoms with Crippen LogP contribution in [0.5, 0.6) is 11.5 Å². The molecule has 1 heterocycles. The van der Waals surface area contributed by atoms with E-state index in [-0.39, 0.29) is 23.0 Å². The van der Waals surface area contributed by atoms with Gasteiger partial charge in [-0.25, -0.2) is 8.78 Å². The second-order valence-electron chi connectivity index (χ2n) is 4.37. The van der Waals surface area contributed by atoms with E-state index in [1.165, 1.54) is 20.3 Å². The van der Waals surface area contributed by atoms with Gasteiger partial charge in [-0.1, -0.05) is 0 Å². The van der Waals surface area contributed by atoms with Crippen molar-refractivity contribution in [3.05, 3.63) is 23.3 Å². The van der Waals surface area contributed by atoms with Crippen molar-refractivity contribution in [2.45, 2.75) is 18.8 Å². The number of rotatable bonds is 3. The third-order valence-electron chi connectivity index (χ3n) is 3.31. The van der Waals surface area contributed by atoms with E-state index in [2.05, 4.69) is 5.32 Å². The lowest BCUT2D eigenvalue weighted by Gasteiger charge is -2.25. The van der Waals surface area contributed by atoms with Gasteiger partial charge in [0, 0.05) is 24.1 Å². The zero-order chi connectivity index (χ0) is 13.1. The molecule has 1 aromatic rings. The second-order valence-corrected chi connectivity index (χ2v) is 4.37. The fourth-order valence-corrected chi connectivity index (χ4v) is 2.36. The molecule has 0 saturated carbocycles. The predicted molar refractivity (Wildman–Crippen MR) is 64.3 cm³/mol. The van der Waals surface area contributed by atoms with Crippen molar-refractivity contribution < 1.29 is 18.3 Å². The Morgan fingerprint density at radius 2 is 1.78 bits per heavy atom. The van der Waals surface area contributed by atoms with E-state index in [4.69, 9.17) is 9.47 Å². The normalized spacial score (nSPS) is 19.7. The first kappa shape index (κ1) is 13.1. The summed E-state index contributed by atoms with van der Waals surface area (Å²) in [6.45, 7) is 1.46. The number of halogens is 2. The third kappa shape index (κ3) is 2.27. The fraction of sp³-hybridized carbons (Fsp3) is 0.538. The van der Waals surface area contributed by atoms with Crippen LogP contribution in [-0.2, 0) is 0 Å². The molecule has 0 aromatic heterocycles. The van der Waals surface area contributed by atoms with Crippen molar-refractivity contribution in [2.75, 3.05) is 27.3 Å². The SMILES string of the molecule is COc1cc(OC)c(F)c(C2CCCNC2)c1F. The van der Waals surface area contributed by atoms with Gasteiger partial charge in [0.1, 0.15) is 0 Å². The smallest absolute Gasteiger partial charge is 0.171 e. The van der Waals surface area contributed by atoms with Gasteiger partial charge in [0.2, 0.25) is 0 Å². The molecule has 3 nitrogen and oxygen atoms in total. The molecule has 0 amide bonds. The minimum atomic E-state index is -0.621. The zero-order valence-electron chi connectivity index (χ0n) is 10.6. The van der Waals surface area contributed by atoms with Crippen LogP contribution < -0.4 is 14.8 Å².